The van der Waals surface area contributed by atoms with E-state index in [9.17, 15) is 0 Å². The minimum atomic E-state index is -0.111. The highest BCUT2D eigenvalue weighted by Crippen LogP contribution is 2.34. The summed E-state index contributed by atoms with van der Waals surface area (Å²) in [4.78, 5) is 6.01. The third-order valence-electron chi connectivity index (χ3n) is 3.45. The van der Waals surface area contributed by atoms with Crippen molar-refractivity contribution in [2.75, 3.05) is 33.5 Å². The molecule has 0 bridgehead atoms. The fraction of sp³-hybridized carbons (Fsp3) is 0.769. The van der Waals surface area contributed by atoms with Gasteiger partial charge in [-0.1, -0.05) is 0 Å². The number of methoxy groups -OCH3 is 1. The highest BCUT2D eigenvalue weighted by Gasteiger charge is 2.37. The fourth-order valence-corrected chi connectivity index (χ4v) is 3.34. The number of hydrogen-bond acceptors (Lipinski definition) is 5. The summed E-state index contributed by atoms with van der Waals surface area (Å²) in [7, 11) is 1.73. The van der Waals surface area contributed by atoms with E-state index in [0.717, 1.165) is 36.7 Å². The summed E-state index contributed by atoms with van der Waals surface area (Å²) in [6.45, 7) is 7.31. The van der Waals surface area contributed by atoms with Crippen molar-refractivity contribution >= 4 is 11.3 Å². The second-order valence-corrected chi connectivity index (χ2v) is 6.02. The third kappa shape index (κ3) is 2.91. The summed E-state index contributed by atoms with van der Waals surface area (Å²) in [5.74, 6) is 0. The maximum atomic E-state index is 5.68. The van der Waals surface area contributed by atoms with E-state index in [1.807, 2.05) is 0 Å². The van der Waals surface area contributed by atoms with Crippen LogP contribution in [0.3, 0.4) is 0 Å². The van der Waals surface area contributed by atoms with Crippen molar-refractivity contribution in [3.8, 4) is 0 Å². The molecular weight excluding hydrogens is 248 g/mol. The van der Waals surface area contributed by atoms with Crippen LogP contribution < -0.4 is 5.32 Å². The molecule has 0 radical (unpaired) electrons. The van der Waals surface area contributed by atoms with E-state index >= 15 is 0 Å². The number of thiazole rings is 1. The van der Waals surface area contributed by atoms with E-state index in [1.165, 1.54) is 4.88 Å². The molecular formula is C13H22N2O2S. The quantitative estimate of drug-likeness (QED) is 0.831. The van der Waals surface area contributed by atoms with Crippen molar-refractivity contribution in [1.82, 2.24) is 10.3 Å². The smallest absolute Gasteiger partial charge is 0.116 e. The maximum Gasteiger partial charge on any atom is 0.116 e. The third-order valence-corrected chi connectivity index (χ3v) is 4.73. The molecule has 4 nitrogen and oxygen atoms in total. The zero-order valence-electron chi connectivity index (χ0n) is 11.4. The number of aryl methyl sites for hydroxylation is 2. The van der Waals surface area contributed by atoms with Gasteiger partial charge in [-0.25, -0.2) is 4.98 Å². The van der Waals surface area contributed by atoms with Crippen LogP contribution in [0.4, 0.5) is 0 Å². The average Bonchev–Trinajstić information content (AvgIpc) is 2.72. The van der Waals surface area contributed by atoms with Gasteiger partial charge in [0.1, 0.15) is 5.01 Å². The van der Waals surface area contributed by atoms with Gasteiger partial charge < -0.3 is 14.8 Å². The van der Waals surface area contributed by atoms with Crippen LogP contribution in [0.1, 0.15) is 28.4 Å². The van der Waals surface area contributed by atoms with Crippen LogP contribution >= 0.6 is 11.3 Å². The van der Waals surface area contributed by atoms with E-state index in [0.29, 0.717) is 13.2 Å². The van der Waals surface area contributed by atoms with Crippen molar-refractivity contribution in [3.05, 3.63) is 15.6 Å². The Labute approximate surface area is 113 Å². The van der Waals surface area contributed by atoms with Gasteiger partial charge in [0.15, 0.2) is 0 Å². The zero-order chi connectivity index (χ0) is 13.0. The van der Waals surface area contributed by atoms with E-state index in [4.69, 9.17) is 14.5 Å². The lowest BCUT2D eigenvalue weighted by molar-refractivity contribution is 0.0150. The molecule has 1 N–H and O–H groups in total. The zero-order valence-corrected chi connectivity index (χ0v) is 12.2. The highest BCUT2D eigenvalue weighted by atomic mass is 32.1. The fourth-order valence-electron chi connectivity index (χ4n) is 2.25. The average molecular weight is 270 g/mol. The Morgan fingerprint density at radius 1 is 1.50 bits per heavy atom. The minimum Gasteiger partial charge on any atom is -0.383 e. The molecule has 0 amide bonds. The molecule has 0 spiro atoms. The van der Waals surface area contributed by atoms with Gasteiger partial charge in [-0.3, -0.25) is 0 Å². The van der Waals surface area contributed by atoms with Crippen molar-refractivity contribution in [2.24, 2.45) is 0 Å². The van der Waals surface area contributed by atoms with Crippen LogP contribution in [0.2, 0.25) is 0 Å². The molecule has 0 saturated carbocycles. The van der Waals surface area contributed by atoms with E-state index in [-0.39, 0.29) is 5.54 Å². The molecule has 18 heavy (non-hydrogen) atoms. The van der Waals surface area contributed by atoms with E-state index < -0.39 is 0 Å². The van der Waals surface area contributed by atoms with Gasteiger partial charge in [0, 0.05) is 25.1 Å². The molecule has 1 aliphatic heterocycles. The van der Waals surface area contributed by atoms with Crippen LogP contribution in [-0.2, 0) is 15.0 Å². The molecule has 1 atom stereocenters. The molecule has 2 rings (SSSR count). The number of nitrogens with zero attached hydrogens (tertiary/aromatic N) is 1. The normalized spacial score (nSPS) is 24.4. The second-order valence-electron chi connectivity index (χ2n) is 4.82. The molecule has 1 aliphatic rings. The molecule has 1 aromatic rings. The number of hydrogen-bond donors (Lipinski definition) is 1. The summed E-state index contributed by atoms with van der Waals surface area (Å²) in [5, 5.41) is 4.75. The van der Waals surface area contributed by atoms with Crippen LogP contribution in [0.25, 0.3) is 0 Å². The molecule has 102 valence electrons. The van der Waals surface area contributed by atoms with Gasteiger partial charge in [-0.2, -0.15) is 0 Å². The SMILES string of the molecule is COCCNC1(c2nc(C)c(C)s2)CCCOC1. The van der Waals surface area contributed by atoms with Gasteiger partial charge in [0.25, 0.3) is 0 Å². The molecule has 2 heterocycles. The Bertz CT molecular complexity index is 367. The van der Waals surface area contributed by atoms with Crippen LogP contribution in [0, 0.1) is 13.8 Å². The number of ether oxygens (including phenoxy) is 2. The topological polar surface area (TPSA) is 43.4 Å². The molecule has 5 heteroatoms. The lowest BCUT2D eigenvalue weighted by atomic mass is 9.93. The number of nitrogens with one attached hydrogen (secondary N) is 1. The van der Waals surface area contributed by atoms with Gasteiger partial charge in [0.05, 0.1) is 24.4 Å². The first kappa shape index (κ1) is 13.9. The Hall–Kier alpha value is -0.490. The summed E-state index contributed by atoms with van der Waals surface area (Å²) < 4.78 is 10.8. The Balaban J connectivity index is 2.17. The standard InChI is InChI=1S/C13H22N2O2S/c1-10-11(2)18-12(15-10)13(14-6-8-16-3)5-4-7-17-9-13/h14H,4-9H2,1-3H3. The van der Waals surface area contributed by atoms with Crippen LogP contribution in [0.15, 0.2) is 0 Å². The molecule has 0 aliphatic carbocycles. The van der Waals surface area contributed by atoms with Crippen molar-refractivity contribution in [1.29, 1.82) is 0 Å². The Kier molecular flexibility index (Phi) is 4.72. The van der Waals surface area contributed by atoms with Gasteiger partial charge >= 0.3 is 0 Å². The van der Waals surface area contributed by atoms with Crippen LogP contribution in [-0.4, -0.2) is 38.5 Å². The lowest BCUT2D eigenvalue weighted by Crippen LogP contribution is -2.49. The maximum absolute atomic E-state index is 5.68. The van der Waals surface area contributed by atoms with Crippen LogP contribution in [0.5, 0.6) is 0 Å². The van der Waals surface area contributed by atoms with E-state index in [2.05, 4.69) is 19.2 Å². The molecule has 0 aromatic carbocycles. The Morgan fingerprint density at radius 3 is 2.89 bits per heavy atom. The first-order valence-electron chi connectivity index (χ1n) is 6.44. The predicted molar refractivity (Wildman–Crippen MR) is 73.2 cm³/mol. The largest absolute Gasteiger partial charge is 0.383 e. The molecule has 1 saturated heterocycles. The van der Waals surface area contributed by atoms with Gasteiger partial charge in [-0.15, -0.1) is 11.3 Å². The summed E-state index contributed by atoms with van der Waals surface area (Å²) >= 11 is 1.78. The molecule has 1 fully saturated rings. The van der Waals surface area contributed by atoms with Gasteiger partial charge in [-0.05, 0) is 26.7 Å². The lowest BCUT2D eigenvalue weighted by Gasteiger charge is -2.36. The second kappa shape index (κ2) is 6.10. The Morgan fingerprint density at radius 2 is 2.33 bits per heavy atom. The first-order valence-corrected chi connectivity index (χ1v) is 7.26. The molecule has 1 unspecified atom stereocenters. The number of rotatable bonds is 5. The summed E-state index contributed by atoms with van der Waals surface area (Å²) in [6.07, 6.45) is 2.17. The first-order chi connectivity index (χ1) is 8.68. The van der Waals surface area contributed by atoms with Crippen molar-refractivity contribution < 1.29 is 9.47 Å². The summed E-state index contributed by atoms with van der Waals surface area (Å²) in [5.41, 5.74) is 1.02. The van der Waals surface area contributed by atoms with Crippen molar-refractivity contribution in [3.63, 3.8) is 0 Å². The highest BCUT2D eigenvalue weighted by molar-refractivity contribution is 7.11. The monoisotopic (exact) mass is 270 g/mol. The molecule has 1 aromatic heterocycles. The minimum absolute atomic E-state index is 0.111. The predicted octanol–water partition coefficient (Wildman–Crippen LogP) is 2.00. The van der Waals surface area contributed by atoms with E-state index in [1.54, 1.807) is 18.4 Å². The van der Waals surface area contributed by atoms with Gasteiger partial charge in [0.2, 0.25) is 0 Å². The number of aromatic nitrogens is 1. The summed E-state index contributed by atoms with van der Waals surface area (Å²) in [6, 6.07) is 0. The van der Waals surface area contributed by atoms with Crippen molar-refractivity contribution in [2.45, 2.75) is 32.2 Å².